The largest absolute Gasteiger partial charge is 0.369 e. The molecule has 0 aromatic carbocycles. The van der Waals surface area contributed by atoms with Crippen LogP contribution in [0.2, 0.25) is 0 Å². The molecule has 0 aromatic rings. The van der Waals surface area contributed by atoms with Gasteiger partial charge in [0.25, 0.3) is 0 Å². The number of ether oxygens (including phenoxy) is 1. The highest BCUT2D eigenvalue weighted by molar-refractivity contribution is 5.13. The fraction of sp³-hybridized carbons (Fsp3) is 1.00. The van der Waals surface area contributed by atoms with Crippen LogP contribution < -0.4 is 5.73 Å². The van der Waals surface area contributed by atoms with Crippen LogP contribution >= 0.6 is 0 Å². The smallest absolute Gasteiger partial charge is 0.0949 e. The van der Waals surface area contributed by atoms with Crippen LogP contribution in [-0.4, -0.2) is 18.8 Å². The molecule has 1 aliphatic carbocycles. The molecule has 3 atom stereocenters. The summed E-state index contributed by atoms with van der Waals surface area (Å²) in [5, 5.41) is 0. The van der Waals surface area contributed by atoms with E-state index in [2.05, 4.69) is 6.92 Å². The highest BCUT2D eigenvalue weighted by Gasteiger charge is 2.65. The third-order valence-corrected chi connectivity index (χ3v) is 4.53. The van der Waals surface area contributed by atoms with Crippen LogP contribution in [0.4, 0.5) is 0 Å². The molecule has 1 aliphatic heterocycles. The van der Waals surface area contributed by atoms with Crippen molar-refractivity contribution in [1.82, 2.24) is 0 Å². The third kappa shape index (κ3) is 4.26. The van der Waals surface area contributed by atoms with Gasteiger partial charge in [0.15, 0.2) is 0 Å². The van der Waals surface area contributed by atoms with E-state index in [-0.39, 0.29) is 0 Å². The normalized spacial score (nSPS) is 31.8. The van der Waals surface area contributed by atoms with Crippen molar-refractivity contribution in [3.05, 3.63) is 0 Å². The molecule has 0 bridgehead atoms. The maximum absolute atomic E-state index is 5.49. The topological polar surface area (TPSA) is 38.5 Å². The molecule has 2 fully saturated rings. The maximum Gasteiger partial charge on any atom is 0.0949 e. The molecule has 17 heavy (non-hydrogen) atoms. The van der Waals surface area contributed by atoms with E-state index in [4.69, 9.17) is 10.5 Å². The Kier molecular flexibility index (Phi) is 4.87. The van der Waals surface area contributed by atoms with Crippen LogP contribution in [-0.2, 0) is 4.74 Å². The molecule has 0 amide bonds. The van der Waals surface area contributed by atoms with Crippen LogP contribution in [0.15, 0.2) is 0 Å². The van der Waals surface area contributed by atoms with Crippen LogP contribution in [0.25, 0.3) is 0 Å². The first-order valence-corrected chi connectivity index (χ1v) is 7.61. The van der Waals surface area contributed by atoms with Gasteiger partial charge in [-0.2, -0.15) is 0 Å². The van der Waals surface area contributed by atoms with E-state index in [1.165, 1.54) is 57.8 Å². The SMILES string of the molecule is CC(CCCCCCCCN)CC1CC12CO2. The lowest BCUT2D eigenvalue weighted by Crippen LogP contribution is -2.00. The van der Waals surface area contributed by atoms with Gasteiger partial charge in [0.2, 0.25) is 0 Å². The van der Waals surface area contributed by atoms with E-state index < -0.39 is 0 Å². The summed E-state index contributed by atoms with van der Waals surface area (Å²) in [7, 11) is 0. The third-order valence-electron chi connectivity index (χ3n) is 4.53. The summed E-state index contributed by atoms with van der Waals surface area (Å²) in [5.74, 6) is 1.83. The van der Waals surface area contributed by atoms with Gasteiger partial charge < -0.3 is 10.5 Å². The van der Waals surface area contributed by atoms with Gasteiger partial charge in [-0.3, -0.25) is 0 Å². The van der Waals surface area contributed by atoms with E-state index >= 15 is 0 Å². The first-order valence-electron chi connectivity index (χ1n) is 7.61. The summed E-state index contributed by atoms with van der Waals surface area (Å²) in [6, 6.07) is 0. The van der Waals surface area contributed by atoms with Gasteiger partial charge in [-0.1, -0.05) is 45.4 Å². The van der Waals surface area contributed by atoms with Crippen molar-refractivity contribution in [3.63, 3.8) is 0 Å². The number of unbranched alkanes of at least 4 members (excludes halogenated alkanes) is 5. The van der Waals surface area contributed by atoms with Crippen molar-refractivity contribution in [2.24, 2.45) is 17.6 Å². The Labute approximate surface area is 106 Å². The molecule has 2 aliphatic rings. The predicted octanol–water partition coefficient (Wildman–Crippen LogP) is 3.49. The zero-order valence-corrected chi connectivity index (χ0v) is 11.4. The lowest BCUT2D eigenvalue weighted by molar-refractivity contribution is 0.354. The Bertz CT molecular complexity index is 225. The molecular weight excluding hydrogens is 210 g/mol. The fourth-order valence-electron chi connectivity index (χ4n) is 3.05. The summed E-state index contributed by atoms with van der Waals surface area (Å²) in [6.07, 6.45) is 12.3. The molecule has 1 saturated heterocycles. The average Bonchev–Trinajstić information content (AvgIpc) is 3.20. The Morgan fingerprint density at radius 2 is 1.82 bits per heavy atom. The number of epoxide rings is 1. The summed E-state index contributed by atoms with van der Waals surface area (Å²) in [4.78, 5) is 0. The molecule has 2 heteroatoms. The van der Waals surface area contributed by atoms with Crippen LogP contribution in [0.3, 0.4) is 0 Å². The monoisotopic (exact) mass is 239 g/mol. The van der Waals surface area contributed by atoms with Gasteiger partial charge in [0.1, 0.15) is 0 Å². The highest BCUT2D eigenvalue weighted by atomic mass is 16.6. The lowest BCUT2D eigenvalue weighted by atomic mass is 9.96. The molecule has 1 saturated carbocycles. The first-order chi connectivity index (χ1) is 8.27. The predicted molar refractivity (Wildman–Crippen MR) is 71.9 cm³/mol. The van der Waals surface area contributed by atoms with Crippen LogP contribution in [0.1, 0.15) is 64.7 Å². The van der Waals surface area contributed by atoms with Crippen molar-refractivity contribution in [2.75, 3.05) is 13.2 Å². The molecular formula is C15H29NO. The summed E-state index contributed by atoms with van der Waals surface area (Å²) in [6.45, 7) is 4.34. The molecule has 1 spiro atoms. The fourth-order valence-corrected chi connectivity index (χ4v) is 3.05. The van der Waals surface area contributed by atoms with Crippen molar-refractivity contribution >= 4 is 0 Å². The van der Waals surface area contributed by atoms with Crippen molar-refractivity contribution in [1.29, 1.82) is 0 Å². The second-order valence-corrected chi connectivity index (χ2v) is 6.29. The van der Waals surface area contributed by atoms with Gasteiger partial charge in [-0.25, -0.2) is 0 Å². The Hall–Kier alpha value is -0.0800. The van der Waals surface area contributed by atoms with E-state index in [0.29, 0.717) is 5.60 Å². The minimum atomic E-state index is 0.427. The average molecular weight is 239 g/mol. The van der Waals surface area contributed by atoms with Crippen LogP contribution in [0, 0.1) is 11.8 Å². The van der Waals surface area contributed by atoms with Crippen molar-refractivity contribution in [2.45, 2.75) is 70.3 Å². The zero-order valence-electron chi connectivity index (χ0n) is 11.4. The van der Waals surface area contributed by atoms with Gasteiger partial charge in [-0.15, -0.1) is 0 Å². The van der Waals surface area contributed by atoms with Gasteiger partial charge >= 0.3 is 0 Å². The van der Waals surface area contributed by atoms with E-state index in [0.717, 1.165) is 25.0 Å². The molecule has 0 radical (unpaired) electrons. The van der Waals surface area contributed by atoms with Gasteiger partial charge in [-0.05, 0) is 37.6 Å². The summed E-state index contributed by atoms with van der Waals surface area (Å²) < 4.78 is 5.49. The number of hydrogen-bond donors (Lipinski definition) is 1. The molecule has 2 nitrogen and oxygen atoms in total. The van der Waals surface area contributed by atoms with Crippen molar-refractivity contribution < 1.29 is 4.74 Å². The van der Waals surface area contributed by atoms with E-state index in [1.54, 1.807) is 0 Å². The molecule has 1 heterocycles. The van der Waals surface area contributed by atoms with Gasteiger partial charge in [0.05, 0.1) is 12.2 Å². The van der Waals surface area contributed by atoms with Crippen LogP contribution in [0.5, 0.6) is 0 Å². The molecule has 0 aromatic heterocycles. The number of hydrogen-bond acceptors (Lipinski definition) is 2. The number of nitrogens with two attached hydrogens (primary N) is 1. The minimum Gasteiger partial charge on any atom is -0.369 e. The standard InChI is InChI=1S/C15H29NO/c1-13(10-14-11-15(14)12-17-15)8-6-4-2-3-5-7-9-16/h13-14H,2-12,16H2,1H3. The second-order valence-electron chi connectivity index (χ2n) is 6.29. The maximum atomic E-state index is 5.49. The quantitative estimate of drug-likeness (QED) is 0.468. The zero-order chi connectivity index (χ0) is 12.1. The molecule has 100 valence electrons. The van der Waals surface area contributed by atoms with Gasteiger partial charge in [0, 0.05) is 0 Å². The second kappa shape index (κ2) is 6.19. The highest BCUT2D eigenvalue weighted by Crippen LogP contribution is 2.59. The lowest BCUT2D eigenvalue weighted by Gasteiger charge is -2.10. The summed E-state index contributed by atoms with van der Waals surface area (Å²) >= 11 is 0. The first kappa shape index (κ1) is 13.4. The Balaban J connectivity index is 1.37. The Morgan fingerprint density at radius 1 is 1.18 bits per heavy atom. The van der Waals surface area contributed by atoms with E-state index in [9.17, 15) is 0 Å². The summed E-state index contributed by atoms with van der Waals surface area (Å²) in [5.41, 5.74) is 5.91. The van der Waals surface area contributed by atoms with Crippen molar-refractivity contribution in [3.8, 4) is 0 Å². The van der Waals surface area contributed by atoms with E-state index in [1.807, 2.05) is 0 Å². The Morgan fingerprint density at radius 3 is 2.41 bits per heavy atom. The molecule has 2 N–H and O–H groups in total. The number of rotatable bonds is 10. The molecule has 3 unspecified atom stereocenters. The minimum absolute atomic E-state index is 0.427. The molecule has 2 rings (SSSR count).